The van der Waals surface area contributed by atoms with Crippen LogP contribution in [0.5, 0.6) is 0 Å². The fourth-order valence-electron chi connectivity index (χ4n) is 9.62. The molecule has 0 amide bonds. The highest BCUT2D eigenvalue weighted by Crippen LogP contribution is 2.17. The van der Waals surface area contributed by atoms with Crippen molar-refractivity contribution in [2.24, 2.45) is 0 Å². The highest BCUT2D eigenvalue weighted by molar-refractivity contribution is 5.71. The number of carbonyl (C=O) groups is 3. The smallest absolute Gasteiger partial charge is 0.306 e. The van der Waals surface area contributed by atoms with Gasteiger partial charge in [0.2, 0.25) is 0 Å². The molecular formula is C76H128O6. The molecule has 0 fully saturated rings. The lowest BCUT2D eigenvalue weighted by Gasteiger charge is -2.18. The van der Waals surface area contributed by atoms with Gasteiger partial charge < -0.3 is 14.2 Å². The largest absolute Gasteiger partial charge is 0.462 e. The molecule has 0 aromatic heterocycles. The second-order valence-electron chi connectivity index (χ2n) is 22.7. The molecule has 0 aliphatic carbocycles. The van der Waals surface area contributed by atoms with Gasteiger partial charge in [-0.3, -0.25) is 14.4 Å². The quantitative estimate of drug-likeness (QED) is 0.0261. The van der Waals surface area contributed by atoms with E-state index in [-0.39, 0.29) is 31.1 Å². The second-order valence-corrected chi connectivity index (χ2v) is 22.7. The molecule has 0 saturated carbocycles. The predicted octanol–water partition coefficient (Wildman–Crippen LogP) is 23.9. The van der Waals surface area contributed by atoms with E-state index in [1.165, 1.54) is 148 Å². The highest BCUT2D eigenvalue weighted by Gasteiger charge is 2.19. The molecule has 0 rings (SSSR count). The van der Waals surface area contributed by atoms with E-state index in [9.17, 15) is 14.4 Å². The number of ether oxygens (including phenoxy) is 3. The van der Waals surface area contributed by atoms with Crippen LogP contribution < -0.4 is 0 Å². The van der Waals surface area contributed by atoms with E-state index in [0.717, 1.165) is 135 Å². The van der Waals surface area contributed by atoms with Crippen molar-refractivity contribution in [3.63, 3.8) is 0 Å². The van der Waals surface area contributed by atoms with E-state index in [0.29, 0.717) is 19.3 Å². The summed E-state index contributed by atoms with van der Waals surface area (Å²) in [6.45, 7) is 6.41. The molecule has 1 unspecified atom stereocenters. The molecule has 0 bridgehead atoms. The second kappa shape index (κ2) is 69.3. The van der Waals surface area contributed by atoms with Crippen LogP contribution in [0, 0.1) is 0 Å². The summed E-state index contributed by atoms with van der Waals surface area (Å²) in [6, 6.07) is 0. The van der Waals surface area contributed by atoms with Crippen LogP contribution in [0.1, 0.15) is 323 Å². The van der Waals surface area contributed by atoms with Crippen LogP contribution in [0.2, 0.25) is 0 Å². The van der Waals surface area contributed by atoms with Gasteiger partial charge >= 0.3 is 17.9 Å². The minimum atomic E-state index is -0.792. The van der Waals surface area contributed by atoms with E-state index in [2.05, 4.69) is 142 Å². The average Bonchev–Trinajstić information content (AvgIpc) is 3.47. The molecule has 0 aliphatic rings. The van der Waals surface area contributed by atoms with Crippen molar-refractivity contribution in [3.05, 3.63) is 122 Å². The molecule has 1 atom stereocenters. The van der Waals surface area contributed by atoms with Crippen LogP contribution in [0.15, 0.2) is 122 Å². The SMILES string of the molecule is CC/C=C\C/C=C\C/C=C\C/C=C\C/C=C\C/C=C\CCCCCCC(=O)OC(COC(=O)CCCCCCCCCCCC)COC(=O)CCCCCCCCCCCCCCCCCCCC/C=C\C/C=C\C/C=C\C/C=C\CC. The molecule has 0 heterocycles. The van der Waals surface area contributed by atoms with Gasteiger partial charge in [0, 0.05) is 19.3 Å². The van der Waals surface area contributed by atoms with Crippen molar-refractivity contribution < 1.29 is 28.6 Å². The molecule has 0 aliphatic heterocycles. The zero-order chi connectivity index (χ0) is 59.2. The fourth-order valence-corrected chi connectivity index (χ4v) is 9.62. The molecule has 0 spiro atoms. The van der Waals surface area contributed by atoms with Gasteiger partial charge in [0.25, 0.3) is 0 Å². The van der Waals surface area contributed by atoms with E-state index in [4.69, 9.17) is 14.2 Å². The molecule has 6 nitrogen and oxygen atoms in total. The first-order valence-electron chi connectivity index (χ1n) is 34.5. The summed E-state index contributed by atoms with van der Waals surface area (Å²) in [4.78, 5) is 38.3. The van der Waals surface area contributed by atoms with Gasteiger partial charge in [0.05, 0.1) is 0 Å². The van der Waals surface area contributed by atoms with Gasteiger partial charge in [0.1, 0.15) is 13.2 Å². The van der Waals surface area contributed by atoms with E-state index in [1.54, 1.807) is 0 Å². The van der Waals surface area contributed by atoms with Gasteiger partial charge in [-0.15, -0.1) is 0 Å². The standard InChI is InChI=1S/C76H128O6/c1-4-7-10-13-16-19-22-24-26-28-30-32-34-35-36-37-38-39-40-41-43-44-46-48-50-52-54-57-60-63-66-69-75(78)81-72-73(71-80-74(77)68-65-62-59-56-21-18-15-12-9-6-3)82-76(79)70-67-64-61-58-55-53-51-49-47-45-42-33-31-29-27-25-23-20-17-14-11-8-5-2/h7-8,10-11,16-17,19-20,24-27,30-33,45,47,51,53,73H,4-6,9,12-15,18,21-23,28-29,34-44,46,48-50,52,54-72H2,1-3H3/b10-7-,11-8-,19-16-,20-17-,26-24-,27-25-,32-30-,33-31-,47-45-,53-51-. The number of hydrogen-bond donors (Lipinski definition) is 0. The summed E-state index contributed by atoms with van der Waals surface area (Å²) in [5.41, 5.74) is 0. The van der Waals surface area contributed by atoms with Crippen LogP contribution in [-0.2, 0) is 28.6 Å². The van der Waals surface area contributed by atoms with Crippen molar-refractivity contribution in [1.29, 1.82) is 0 Å². The highest BCUT2D eigenvalue weighted by atomic mass is 16.6. The van der Waals surface area contributed by atoms with Gasteiger partial charge in [-0.25, -0.2) is 0 Å². The first-order chi connectivity index (χ1) is 40.5. The third-order valence-electron chi connectivity index (χ3n) is 14.7. The summed E-state index contributed by atoms with van der Waals surface area (Å²) in [5, 5.41) is 0. The fraction of sp³-hybridized carbons (Fsp3) is 0.697. The Hall–Kier alpha value is -4.19. The van der Waals surface area contributed by atoms with Gasteiger partial charge in [0.15, 0.2) is 6.10 Å². The Morgan fingerprint density at radius 3 is 0.744 bits per heavy atom. The van der Waals surface area contributed by atoms with Crippen molar-refractivity contribution in [1.82, 2.24) is 0 Å². The Labute approximate surface area is 507 Å². The van der Waals surface area contributed by atoms with Gasteiger partial charge in [-0.1, -0.05) is 316 Å². The lowest BCUT2D eigenvalue weighted by molar-refractivity contribution is -0.167. The van der Waals surface area contributed by atoms with Crippen molar-refractivity contribution in [3.8, 4) is 0 Å². The number of rotatable bonds is 62. The van der Waals surface area contributed by atoms with E-state index < -0.39 is 6.10 Å². The van der Waals surface area contributed by atoms with Crippen LogP contribution in [0.3, 0.4) is 0 Å². The summed E-state index contributed by atoms with van der Waals surface area (Å²) in [6.07, 6.45) is 96.6. The normalized spacial score (nSPS) is 12.9. The van der Waals surface area contributed by atoms with Crippen LogP contribution in [0.25, 0.3) is 0 Å². The Kier molecular flexibility index (Phi) is 65.8. The average molecular weight is 1140 g/mol. The minimum Gasteiger partial charge on any atom is -0.462 e. The molecule has 6 heteroatoms. The van der Waals surface area contributed by atoms with E-state index >= 15 is 0 Å². The molecular weight excluding hydrogens is 1010 g/mol. The molecule has 0 saturated heterocycles. The number of hydrogen-bond acceptors (Lipinski definition) is 6. The van der Waals surface area contributed by atoms with Crippen molar-refractivity contribution in [2.45, 2.75) is 329 Å². The number of unbranched alkanes of at least 4 members (excludes halogenated alkanes) is 31. The third-order valence-corrected chi connectivity index (χ3v) is 14.7. The molecule has 82 heavy (non-hydrogen) atoms. The molecule has 0 aromatic carbocycles. The minimum absolute atomic E-state index is 0.0864. The first kappa shape index (κ1) is 77.8. The molecule has 0 radical (unpaired) electrons. The monoisotopic (exact) mass is 1140 g/mol. The van der Waals surface area contributed by atoms with Crippen LogP contribution in [0.4, 0.5) is 0 Å². The van der Waals surface area contributed by atoms with Gasteiger partial charge in [-0.05, 0) is 109 Å². The maximum Gasteiger partial charge on any atom is 0.306 e. The van der Waals surface area contributed by atoms with Crippen molar-refractivity contribution in [2.75, 3.05) is 13.2 Å². The van der Waals surface area contributed by atoms with E-state index in [1.807, 2.05) is 0 Å². The molecule has 0 N–H and O–H groups in total. The summed E-state index contributed by atoms with van der Waals surface area (Å²) in [5.74, 6) is -0.902. The van der Waals surface area contributed by atoms with Crippen molar-refractivity contribution >= 4 is 17.9 Å². The lowest BCUT2D eigenvalue weighted by atomic mass is 10.0. The van der Waals surface area contributed by atoms with Crippen LogP contribution in [-0.4, -0.2) is 37.2 Å². The molecule has 468 valence electrons. The zero-order valence-electron chi connectivity index (χ0n) is 53.7. The number of carbonyl (C=O) groups excluding carboxylic acids is 3. The maximum absolute atomic E-state index is 12.9. The third kappa shape index (κ3) is 66.6. The Morgan fingerprint density at radius 2 is 0.476 bits per heavy atom. The zero-order valence-corrected chi connectivity index (χ0v) is 53.7. The Morgan fingerprint density at radius 1 is 0.256 bits per heavy atom. The maximum atomic E-state index is 12.9. The Bertz CT molecular complexity index is 1690. The molecule has 0 aromatic rings. The lowest BCUT2D eigenvalue weighted by Crippen LogP contribution is -2.30. The summed E-state index contributed by atoms with van der Waals surface area (Å²) >= 11 is 0. The predicted molar refractivity (Wildman–Crippen MR) is 357 cm³/mol. The van der Waals surface area contributed by atoms with Gasteiger partial charge in [-0.2, -0.15) is 0 Å². The topological polar surface area (TPSA) is 78.9 Å². The summed E-state index contributed by atoms with van der Waals surface area (Å²) in [7, 11) is 0. The number of allylic oxidation sites excluding steroid dienone is 20. The summed E-state index contributed by atoms with van der Waals surface area (Å²) < 4.78 is 16.9. The first-order valence-corrected chi connectivity index (χ1v) is 34.5. The number of esters is 3. The Balaban J connectivity index is 4.21. The van der Waals surface area contributed by atoms with Crippen LogP contribution >= 0.6 is 0 Å².